The number of hydrogen-bond donors (Lipinski definition) is 2. The van der Waals surface area contributed by atoms with E-state index in [2.05, 4.69) is 11.2 Å². The molecule has 0 aliphatic carbocycles. The van der Waals surface area contributed by atoms with E-state index in [0.29, 0.717) is 18.9 Å². The van der Waals surface area contributed by atoms with E-state index < -0.39 is 0 Å². The van der Waals surface area contributed by atoms with E-state index in [4.69, 9.17) is 15.7 Å². The van der Waals surface area contributed by atoms with E-state index >= 15 is 0 Å². The number of hydrogen-bond acceptors (Lipinski definition) is 4. The highest BCUT2D eigenvalue weighted by Crippen LogP contribution is 2.03. The molecule has 98 valence electrons. The number of rotatable bonds is 7. The van der Waals surface area contributed by atoms with Gasteiger partial charge in [-0.3, -0.25) is 0 Å². The maximum Gasteiger partial charge on any atom is 0.112 e. The molecule has 0 spiro atoms. The molecule has 0 amide bonds. The summed E-state index contributed by atoms with van der Waals surface area (Å²) < 4.78 is 5.50. The van der Waals surface area contributed by atoms with Crippen molar-refractivity contribution in [3.05, 3.63) is 47.5 Å². The first-order chi connectivity index (χ1) is 8.77. The fourth-order valence-electron chi connectivity index (χ4n) is 1.50. The Kier molecular flexibility index (Phi) is 6.76. The first-order valence-electron chi connectivity index (χ1n) is 5.97. The van der Waals surface area contributed by atoms with Gasteiger partial charge in [-0.15, -0.1) is 0 Å². The van der Waals surface area contributed by atoms with Crippen LogP contribution in [0.5, 0.6) is 0 Å². The summed E-state index contributed by atoms with van der Waals surface area (Å²) >= 11 is 0. The van der Waals surface area contributed by atoms with Gasteiger partial charge in [-0.2, -0.15) is 0 Å². The number of oxime groups is 1. The molecule has 0 radical (unpaired) electrons. The van der Waals surface area contributed by atoms with Crippen molar-refractivity contribution in [2.75, 3.05) is 19.8 Å². The Bertz CT molecular complexity index is 400. The summed E-state index contributed by atoms with van der Waals surface area (Å²) in [6.07, 6.45) is 2.91. The lowest BCUT2D eigenvalue weighted by molar-refractivity contribution is 0.193. The van der Waals surface area contributed by atoms with Crippen LogP contribution in [0.25, 0.3) is 0 Å². The van der Waals surface area contributed by atoms with Crippen LogP contribution < -0.4 is 5.73 Å². The van der Waals surface area contributed by atoms with E-state index in [1.807, 2.05) is 37.3 Å². The predicted molar refractivity (Wildman–Crippen MR) is 73.0 cm³/mol. The molecule has 0 bridgehead atoms. The van der Waals surface area contributed by atoms with Gasteiger partial charge in [0.2, 0.25) is 0 Å². The smallest absolute Gasteiger partial charge is 0.112 e. The van der Waals surface area contributed by atoms with Crippen molar-refractivity contribution in [3.8, 4) is 0 Å². The summed E-state index contributed by atoms with van der Waals surface area (Å²) in [5, 5.41) is 12.2. The highest BCUT2D eigenvalue weighted by Gasteiger charge is 2.03. The van der Waals surface area contributed by atoms with Crippen LogP contribution in [0.1, 0.15) is 18.9 Å². The molecule has 0 fully saturated rings. The Morgan fingerprint density at radius 1 is 1.33 bits per heavy atom. The summed E-state index contributed by atoms with van der Waals surface area (Å²) in [6, 6.07) is 9.48. The molecule has 0 unspecified atom stereocenters. The molecule has 0 aliphatic rings. The van der Waals surface area contributed by atoms with E-state index in [1.165, 1.54) is 0 Å². The molecule has 4 heteroatoms. The first-order valence-corrected chi connectivity index (χ1v) is 5.97. The predicted octanol–water partition coefficient (Wildman–Crippen LogP) is 2.18. The average Bonchev–Trinajstić information content (AvgIpc) is 2.42. The van der Waals surface area contributed by atoms with Crippen LogP contribution in [0.4, 0.5) is 0 Å². The van der Waals surface area contributed by atoms with Gasteiger partial charge in [0, 0.05) is 5.56 Å². The molecule has 0 saturated carbocycles. The third kappa shape index (κ3) is 5.12. The van der Waals surface area contributed by atoms with Crippen molar-refractivity contribution >= 4 is 5.71 Å². The molecule has 0 heterocycles. The monoisotopic (exact) mass is 248 g/mol. The van der Waals surface area contributed by atoms with E-state index in [1.54, 1.807) is 0 Å². The van der Waals surface area contributed by atoms with Gasteiger partial charge in [0.25, 0.3) is 0 Å². The highest BCUT2D eigenvalue weighted by atomic mass is 16.5. The Hall–Kier alpha value is -1.65. The molecule has 0 atom stereocenters. The van der Waals surface area contributed by atoms with Crippen LogP contribution in [0.2, 0.25) is 0 Å². The van der Waals surface area contributed by atoms with Crippen LogP contribution in [-0.4, -0.2) is 30.7 Å². The topological polar surface area (TPSA) is 67.8 Å². The van der Waals surface area contributed by atoms with Gasteiger partial charge in [0.1, 0.15) is 5.71 Å². The fraction of sp³-hybridized carbons (Fsp3) is 0.357. The number of nitrogens with two attached hydrogens (primary N) is 1. The zero-order chi connectivity index (χ0) is 13.2. The molecule has 18 heavy (non-hydrogen) atoms. The van der Waals surface area contributed by atoms with Crippen molar-refractivity contribution in [2.24, 2.45) is 10.9 Å². The minimum absolute atomic E-state index is 0.286. The second-order valence-corrected chi connectivity index (χ2v) is 4.03. The third-order valence-electron chi connectivity index (χ3n) is 2.46. The maximum absolute atomic E-state index is 8.96. The summed E-state index contributed by atoms with van der Waals surface area (Å²) in [7, 11) is 0. The summed E-state index contributed by atoms with van der Waals surface area (Å²) in [5.41, 5.74) is 7.94. The zero-order valence-electron chi connectivity index (χ0n) is 10.7. The number of nitrogens with zero attached hydrogens (tertiary/aromatic N) is 1. The molecule has 1 aromatic rings. The van der Waals surface area contributed by atoms with Gasteiger partial charge < -0.3 is 15.7 Å². The van der Waals surface area contributed by atoms with Crippen LogP contribution >= 0.6 is 0 Å². The average molecular weight is 248 g/mol. The molecule has 0 aromatic heterocycles. The van der Waals surface area contributed by atoms with Crippen LogP contribution in [0, 0.1) is 0 Å². The van der Waals surface area contributed by atoms with Gasteiger partial charge in [0.15, 0.2) is 0 Å². The minimum Gasteiger partial charge on any atom is -0.411 e. The van der Waals surface area contributed by atoms with Gasteiger partial charge >= 0.3 is 0 Å². The Balaban J connectivity index is 2.43. The highest BCUT2D eigenvalue weighted by molar-refractivity contribution is 6.01. The van der Waals surface area contributed by atoms with E-state index in [0.717, 1.165) is 17.6 Å². The SMILES string of the molecule is C/C(=C\CCN)COC/C(=N\O)c1ccccc1. The van der Waals surface area contributed by atoms with E-state index in [9.17, 15) is 0 Å². The standard InChI is InChI=1S/C14H20N2O2/c1-12(6-5-9-15)10-18-11-14(16-17)13-7-3-2-4-8-13/h2-4,6-8,17H,5,9-11,15H2,1H3/b12-6+,16-14+. The molecule has 0 aliphatic heterocycles. The first kappa shape index (κ1) is 14.4. The molecule has 1 aromatic carbocycles. The van der Waals surface area contributed by atoms with Crippen LogP contribution in [0.3, 0.4) is 0 Å². The maximum atomic E-state index is 8.96. The molecular weight excluding hydrogens is 228 g/mol. The third-order valence-corrected chi connectivity index (χ3v) is 2.46. The second kappa shape index (κ2) is 8.44. The lowest BCUT2D eigenvalue weighted by atomic mass is 10.1. The summed E-state index contributed by atoms with van der Waals surface area (Å²) in [4.78, 5) is 0. The second-order valence-electron chi connectivity index (χ2n) is 4.03. The lowest BCUT2D eigenvalue weighted by Gasteiger charge is -2.06. The summed E-state index contributed by atoms with van der Waals surface area (Å²) in [6.45, 7) is 3.44. The number of benzene rings is 1. The summed E-state index contributed by atoms with van der Waals surface area (Å²) in [5.74, 6) is 0. The Morgan fingerprint density at radius 3 is 2.67 bits per heavy atom. The Morgan fingerprint density at radius 2 is 2.06 bits per heavy atom. The molecular formula is C14H20N2O2. The number of ether oxygens (including phenoxy) is 1. The van der Waals surface area contributed by atoms with Crippen molar-refractivity contribution in [1.29, 1.82) is 0 Å². The van der Waals surface area contributed by atoms with Gasteiger partial charge in [-0.25, -0.2) is 0 Å². The lowest BCUT2D eigenvalue weighted by Crippen LogP contribution is -2.11. The zero-order valence-corrected chi connectivity index (χ0v) is 10.7. The van der Waals surface area contributed by atoms with Gasteiger partial charge in [0.05, 0.1) is 13.2 Å². The van der Waals surface area contributed by atoms with Crippen molar-refractivity contribution < 1.29 is 9.94 Å². The van der Waals surface area contributed by atoms with Gasteiger partial charge in [-0.05, 0) is 19.9 Å². The fourth-order valence-corrected chi connectivity index (χ4v) is 1.50. The quantitative estimate of drug-likeness (QED) is 0.336. The Labute approximate surface area is 108 Å². The molecule has 3 N–H and O–H groups in total. The van der Waals surface area contributed by atoms with Gasteiger partial charge in [-0.1, -0.05) is 47.1 Å². The normalized spacial score (nSPS) is 12.8. The van der Waals surface area contributed by atoms with E-state index in [-0.39, 0.29) is 6.61 Å². The molecule has 4 nitrogen and oxygen atoms in total. The van der Waals surface area contributed by atoms with Crippen LogP contribution in [0.15, 0.2) is 47.1 Å². The molecule has 1 rings (SSSR count). The van der Waals surface area contributed by atoms with Crippen molar-refractivity contribution in [1.82, 2.24) is 0 Å². The largest absolute Gasteiger partial charge is 0.411 e. The van der Waals surface area contributed by atoms with Crippen molar-refractivity contribution in [2.45, 2.75) is 13.3 Å². The van der Waals surface area contributed by atoms with Crippen LogP contribution in [-0.2, 0) is 4.74 Å². The van der Waals surface area contributed by atoms with Crippen molar-refractivity contribution in [3.63, 3.8) is 0 Å². The molecule has 0 saturated heterocycles. The minimum atomic E-state index is 0.286.